The number of hydrogen-bond acceptors (Lipinski definition) is 5. The first-order chi connectivity index (χ1) is 13.9. The summed E-state index contributed by atoms with van der Waals surface area (Å²) in [4.78, 5) is 37.7. The van der Waals surface area contributed by atoms with E-state index >= 15 is 0 Å². The summed E-state index contributed by atoms with van der Waals surface area (Å²) in [6.07, 6.45) is 3.49. The lowest BCUT2D eigenvalue weighted by Crippen LogP contribution is -2.46. The van der Waals surface area contributed by atoms with Crippen molar-refractivity contribution in [1.29, 1.82) is 5.41 Å². The van der Waals surface area contributed by atoms with Crippen LogP contribution in [0.5, 0.6) is 0 Å². The summed E-state index contributed by atoms with van der Waals surface area (Å²) in [6, 6.07) is 5.70. The van der Waals surface area contributed by atoms with Gasteiger partial charge in [-0.05, 0) is 37.1 Å². The molecule has 0 spiro atoms. The first-order valence-corrected chi connectivity index (χ1v) is 9.88. The second-order valence-corrected chi connectivity index (χ2v) is 6.87. The SMILES string of the molecule is CCCCCOC(=O)CCNC(=O)NC1CCN(c2ccc(C(=N)N)cc2)C1=O. The van der Waals surface area contributed by atoms with Crippen LogP contribution in [-0.2, 0) is 14.3 Å². The van der Waals surface area contributed by atoms with E-state index in [-0.39, 0.29) is 30.7 Å². The Bertz CT molecular complexity index is 735. The summed E-state index contributed by atoms with van der Waals surface area (Å²) in [5.74, 6) is -0.588. The number of nitrogen functional groups attached to an aromatic ring is 1. The van der Waals surface area contributed by atoms with E-state index < -0.39 is 12.1 Å². The van der Waals surface area contributed by atoms with E-state index in [2.05, 4.69) is 17.6 Å². The van der Waals surface area contributed by atoms with E-state index in [1.165, 1.54) is 0 Å². The fourth-order valence-electron chi connectivity index (χ4n) is 2.99. The molecule has 1 fully saturated rings. The molecular formula is C20H29N5O4. The molecule has 0 radical (unpaired) electrons. The quantitative estimate of drug-likeness (QED) is 0.203. The number of ether oxygens (including phenoxy) is 1. The van der Waals surface area contributed by atoms with Gasteiger partial charge in [0.2, 0.25) is 5.91 Å². The van der Waals surface area contributed by atoms with Gasteiger partial charge in [0.15, 0.2) is 0 Å². The van der Waals surface area contributed by atoms with E-state index in [1.807, 2.05) is 0 Å². The van der Waals surface area contributed by atoms with Crippen molar-refractivity contribution in [2.45, 2.75) is 45.1 Å². The standard InChI is InChI=1S/C20H29N5O4/c1-2-3-4-13-29-17(26)9-11-23-20(28)24-16-10-12-25(19(16)27)15-7-5-14(6-8-15)18(21)22/h5-8,16H,2-4,9-13H2,1H3,(H3,21,22)(H2,23,24,28). The number of anilines is 1. The molecule has 0 aliphatic carbocycles. The number of amides is 3. The van der Waals surface area contributed by atoms with Crippen LogP contribution in [0.1, 0.15) is 44.6 Å². The minimum Gasteiger partial charge on any atom is -0.466 e. The van der Waals surface area contributed by atoms with Gasteiger partial charge >= 0.3 is 12.0 Å². The average Bonchev–Trinajstić information content (AvgIpc) is 3.05. The minimum absolute atomic E-state index is 0.0367. The molecule has 1 aromatic rings. The maximum atomic E-state index is 12.6. The number of amidine groups is 1. The first-order valence-electron chi connectivity index (χ1n) is 9.88. The highest BCUT2D eigenvalue weighted by atomic mass is 16.5. The van der Waals surface area contributed by atoms with Gasteiger partial charge in [-0.2, -0.15) is 0 Å². The zero-order chi connectivity index (χ0) is 21.2. The van der Waals surface area contributed by atoms with Crippen molar-refractivity contribution in [1.82, 2.24) is 10.6 Å². The second-order valence-electron chi connectivity index (χ2n) is 6.87. The number of nitrogens with one attached hydrogen (secondary N) is 3. The van der Waals surface area contributed by atoms with Gasteiger partial charge in [-0.15, -0.1) is 0 Å². The molecule has 9 nitrogen and oxygen atoms in total. The molecule has 158 valence electrons. The van der Waals surface area contributed by atoms with Gasteiger partial charge in [0.25, 0.3) is 0 Å². The molecule has 2 rings (SSSR count). The molecule has 0 aromatic heterocycles. The Hall–Kier alpha value is -3.10. The Morgan fingerprint density at radius 3 is 2.66 bits per heavy atom. The van der Waals surface area contributed by atoms with Crippen LogP contribution >= 0.6 is 0 Å². The van der Waals surface area contributed by atoms with E-state index in [4.69, 9.17) is 15.9 Å². The number of urea groups is 1. The van der Waals surface area contributed by atoms with E-state index in [1.54, 1.807) is 29.2 Å². The van der Waals surface area contributed by atoms with E-state index in [9.17, 15) is 14.4 Å². The van der Waals surface area contributed by atoms with Crippen molar-refractivity contribution >= 4 is 29.4 Å². The Balaban J connectivity index is 1.72. The van der Waals surface area contributed by atoms with Gasteiger partial charge in [0.05, 0.1) is 13.0 Å². The van der Waals surface area contributed by atoms with Crippen molar-refractivity contribution in [3.05, 3.63) is 29.8 Å². The highest BCUT2D eigenvalue weighted by molar-refractivity contribution is 6.02. The number of benzene rings is 1. The Morgan fingerprint density at radius 1 is 1.28 bits per heavy atom. The van der Waals surface area contributed by atoms with Gasteiger partial charge in [-0.3, -0.25) is 15.0 Å². The summed E-state index contributed by atoms with van der Waals surface area (Å²) >= 11 is 0. The fourth-order valence-corrected chi connectivity index (χ4v) is 2.99. The fraction of sp³-hybridized carbons (Fsp3) is 0.500. The molecule has 3 amide bonds. The Labute approximate surface area is 170 Å². The molecule has 1 heterocycles. The molecule has 1 aliphatic heterocycles. The number of esters is 1. The predicted octanol–water partition coefficient (Wildman–Crippen LogP) is 1.50. The van der Waals surface area contributed by atoms with Crippen molar-refractivity contribution in [2.24, 2.45) is 5.73 Å². The van der Waals surface area contributed by atoms with E-state index in [0.29, 0.717) is 30.8 Å². The lowest BCUT2D eigenvalue weighted by atomic mass is 10.2. The Kier molecular flexibility index (Phi) is 8.45. The van der Waals surface area contributed by atoms with Gasteiger partial charge < -0.3 is 26.0 Å². The molecule has 1 aromatic carbocycles. The molecule has 9 heteroatoms. The first kappa shape index (κ1) is 22.2. The molecule has 1 unspecified atom stereocenters. The number of hydrogen-bond donors (Lipinski definition) is 4. The largest absolute Gasteiger partial charge is 0.466 e. The second kappa shape index (κ2) is 11.0. The van der Waals surface area contributed by atoms with E-state index in [0.717, 1.165) is 19.3 Å². The van der Waals surface area contributed by atoms with Crippen LogP contribution in [0.2, 0.25) is 0 Å². The zero-order valence-electron chi connectivity index (χ0n) is 16.7. The molecule has 1 aliphatic rings. The Morgan fingerprint density at radius 2 is 2.00 bits per heavy atom. The average molecular weight is 403 g/mol. The van der Waals surface area contributed by atoms with Crippen LogP contribution in [0.3, 0.4) is 0 Å². The van der Waals surface area contributed by atoms with Gasteiger partial charge in [-0.1, -0.05) is 19.8 Å². The zero-order valence-corrected chi connectivity index (χ0v) is 16.7. The third kappa shape index (κ3) is 6.78. The van der Waals surface area contributed by atoms with Crippen LogP contribution in [0.25, 0.3) is 0 Å². The number of carbonyl (C=O) groups is 3. The molecule has 29 heavy (non-hydrogen) atoms. The predicted molar refractivity (Wildman–Crippen MR) is 110 cm³/mol. The van der Waals surface area contributed by atoms with Gasteiger partial charge in [-0.25, -0.2) is 4.79 Å². The summed E-state index contributed by atoms with van der Waals surface area (Å²) in [7, 11) is 0. The smallest absolute Gasteiger partial charge is 0.315 e. The van der Waals surface area contributed by atoms with Crippen molar-refractivity contribution in [3.8, 4) is 0 Å². The number of rotatable bonds is 10. The summed E-state index contributed by atoms with van der Waals surface area (Å²) in [5, 5.41) is 12.6. The normalized spacial score (nSPS) is 15.8. The molecule has 1 saturated heterocycles. The minimum atomic E-state index is -0.622. The van der Waals surface area contributed by atoms with Crippen molar-refractivity contribution in [3.63, 3.8) is 0 Å². The lowest BCUT2D eigenvalue weighted by molar-refractivity contribution is -0.143. The molecule has 0 saturated carbocycles. The van der Waals surface area contributed by atoms with Crippen LogP contribution in [-0.4, -0.2) is 49.5 Å². The van der Waals surface area contributed by atoms with Crippen LogP contribution in [0.15, 0.2) is 24.3 Å². The molecular weight excluding hydrogens is 374 g/mol. The third-order valence-corrected chi connectivity index (χ3v) is 4.63. The van der Waals surface area contributed by atoms with Gasteiger partial charge in [0, 0.05) is 24.3 Å². The highest BCUT2D eigenvalue weighted by Crippen LogP contribution is 2.22. The maximum Gasteiger partial charge on any atom is 0.315 e. The molecule has 1 atom stereocenters. The number of nitrogens with zero attached hydrogens (tertiary/aromatic N) is 1. The highest BCUT2D eigenvalue weighted by Gasteiger charge is 2.33. The third-order valence-electron chi connectivity index (χ3n) is 4.63. The number of unbranched alkanes of at least 4 members (excludes halogenated alkanes) is 2. The molecule has 0 bridgehead atoms. The summed E-state index contributed by atoms with van der Waals surface area (Å²) < 4.78 is 5.07. The van der Waals surface area contributed by atoms with Crippen molar-refractivity contribution in [2.75, 3.05) is 24.6 Å². The summed E-state index contributed by atoms with van der Waals surface area (Å²) in [5.41, 5.74) is 6.71. The van der Waals surface area contributed by atoms with Gasteiger partial charge in [0.1, 0.15) is 11.9 Å². The van der Waals surface area contributed by atoms with Crippen molar-refractivity contribution < 1.29 is 19.1 Å². The van der Waals surface area contributed by atoms with Crippen LogP contribution in [0, 0.1) is 5.41 Å². The number of carbonyl (C=O) groups excluding carboxylic acids is 3. The monoisotopic (exact) mass is 403 g/mol. The van der Waals surface area contributed by atoms with Crippen LogP contribution < -0.4 is 21.3 Å². The topological polar surface area (TPSA) is 138 Å². The lowest BCUT2D eigenvalue weighted by Gasteiger charge is -2.18. The number of nitrogens with two attached hydrogens (primary N) is 1. The summed E-state index contributed by atoms with van der Waals surface area (Å²) in [6.45, 7) is 3.10. The van der Waals surface area contributed by atoms with Crippen LogP contribution in [0.4, 0.5) is 10.5 Å². The molecule has 5 N–H and O–H groups in total. The maximum absolute atomic E-state index is 12.6.